The van der Waals surface area contributed by atoms with Crippen molar-refractivity contribution in [1.29, 1.82) is 0 Å². The van der Waals surface area contributed by atoms with Crippen LogP contribution in [0.1, 0.15) is 38.5 Å². The molecule has 2 heterocycles. The van der Waals surface area contributed by atoms with Gasteiger partial charge >= 0.3 is 0 Å². The van der Waals surface area contributed by atoms with E-state index in [1.54, 1.807) is 0 Å². The Balaban J connectivity index is 1.68. The Kier molecular flexibility index (Phi) is 3.46. The first-order valence-electron chi connectivity index (χ1n) is 6.95. The second-order valence-electron chi connectivity index (χ2n) is 5.76. The summed E-state index contributed by atoms with van der Waals surface area (Å²) in [5.74, 6) is 2.78. The molecule has 16 heavy (non-hydrogen) atoms. The Hall–Kier alpha value is 0.270. The van der Waals surface area contributed by atoms with Crippen LogP contribution in [0.15, 0.2) is 0 Å². The largest absolute Gasteiger partial charge is 0.310 e. The molecule has 3 aliphatic rings. The van der Waals surface area contributed by atoms with Gasteiger partial charge < -0.3 is 5.32 Å². The average Bonchev–Trinajstić information content (AvgIpc) is 2.89. The topological polar surface area (TPSA) is 15.3 Å². The van der Waals surface area contributed by atoms with Crippen LogP contribution in [-0.2, 0) is 0 Å². The predicted molar refractivity (Wildman–Crippen MR) is 71.1 cm³/mol. The molecule has 3 heteroatoms. The maximum Gasteiger partial charge on any atom is 0.0308 e. The van der Waals surface area contributed by atoms with Gasteiger partial charge in [-0.25, -0.2) is 0 Å². The minimum atomic E-state index is 0.504. The third-order valence-corrected chi connectivity index (χ3v) is 5.76. The number of thioether (sulfide) groups is 1. The van der Waals surface area contributed by atoms with Crippen LogP contribution in [-0.4, -0.2) is 47.6 Å². The van der Waals surface area contributed by atoms with Gasteiger partial charge in [0.05, 0.1) is 0 Å². The average molecular weight is 240 g/mol. The van der Waals surface area contributed by atoms with E-state index in [1.165, 1.54) is 69.7 Å². The highest BCUT2D eigenvalue weighted by atomic mass is 32.2. The summed E-state index contributed by atoms with van der Waals surface area (Å²) in [6, 6.07) is 0.891. The molecule has 1 saturated carbocycles. The lowest BCUT2D eigenvalue weighted by Gasteiger charge is -2.36. The monoisotopic (exact) mass is 240 g/mol. The Morgan fingerprint density at radius 1 is 1.19 bits per heavy atom. The fourth-order valence-corrected chi connectivity index (χ4v) is 4.92. The second-order valence-corrected chi connectivity index (χ2v) is 6.91. The molecule has 0 bridgehead atoms. The Labute approximate surface area is 104 Å². The number of nitrogens with zero attached hydrogens (tertiary/aromatic N) is 1. The van der Waals surface area contributed by atoms with Crippen LogP contribution in [0.5, 0.6) is 0 Å². The minimum absolute atomic E-state index is 0.504. The summed E-state index contributed by atoms with van der Waals surface area (Å²) in [4.78, 5) is 2.81. The van der Waals surface area contributed by atoms with E-state index in [1.807, 2.05) is 0 Å². The van der Waals surface area contributed by atoms with E-state index in [4.69, 9.17) is 0 Å². The SMILES string of the molecule is C1CNC2(CCCC2)CN(C2CCSC2)C1. The van der Waals surface area contributed by atoms with Crippen molar-refractivity contribution < 1.29 is 0 Å². The van der Waals surface area contributed by atoms with Crippen molar-refractivity contribution in [2.24, 2.45) is 0 Å². The van der Waals surface area contributed by atoms with Crippen LogP contribution < -0.4 is 5.32 Å². The van der Waals surface area contributed by atoms with Crippen LogP contribution in [0.4, 0.5) is 0 Å². The molecule has 92 valence electrons. The Morgan fingerprint density at radius 2 is 2.06 bits per heavy atom. The van der Waals surface area contributed by atoms with E-state index in [9.17, 15) is 0 Å². The fourth-order valence-electron chi connectivity index (χ4n) is 3.67. The van der Waals surface area contributed by atoms with Crippen molar-refractivity contribution in [1.82, 2.24) is 10.2 Å². The van der Waals surface area contributed by atoms with E-state index >= 15 is 0 Å². The molecule has 0 aromatic carbocycles. The van der Waals surface area contributed by atoms with Crippen LogP contribution in [0, 0.1) is 0 Å². The molecule has 2 saturated heterocycles. The summed E-state index contributed by atoms with van der Waals surface area (Å²) in [5, 5.41) is 3.86. The van der Waals surface area contributed by atoms with Gasteiger partial charge in [0.1, 0.15) is 0 Å². The number of rotatable bonds is 1. The molecule has 1 spiro atoms. The van der Waals surface area contributed by atoms with Crippen molar-refractivity contribution in [3.05, 3.63) is 0 Å². The van der Waals surface area contributed by atoms with Gasteiger partial charge in [-0.3, -0.25) is 4.90 Å². The molecule has 1 aliphatic carbocycles. The molecule has 0 aromatic rings. The molecule has 0 radical (unpaired) electrons. The smallest absolute Gasteiger partial charge is 0.0308 e. The van der Waals surface area contributed by atoms with Gasteiger partial charge in [0.25, 0.3) is 0 Å². The van der Waals surface area contributed by atoms with Crippen LogP contribution in [0.3, 0.4) is 0 Å². The van der Waals surface area contributed by atoms with Gasteiger partial charge in [-0.05, 0) is 44.5 Å². The lowest BCUT2D eigenvalue weighted by molar-refractivity contribution is 0.168. The Bertz CT molecular complexity index is 232. The van der Waals surface area contributed by atoms with Gasteiger partial charge in [0, 0.05) is 23.9 Å². The zero-order chi connectivity index (χ0) is 10.8. The normalized spacial score (nSPS) is 35.6. The fraction of sp³-hybridized carbons (Fsp3) is 1.00. The molecule has 1 N–H and O–H groups in total. The standard InChI is InChI=1S/C13H24N2S/c1-2-6-13(5-1)11-15(8-3-7-14-13)12-4-9-16-10-12/h12,14H,1-11H2. The zero-order valence-electron chi connectivity index (χ0n) is 10.2. The van der Waals surface area contributed by atoms with Gasteiger partial charge in [0.2, 0.25) is 0 Å². The predicted octanol–water partition coefficient (Wildman–Crippen LogP) is 2.10. The van der Waals surface area contributed by atoms with Gasteiger partial charge in [0.15, 0.2) is 0 Å². The molecule has 2 aliphatic heterocycles. The lowest BCUT2D eigenvalue weighted by Crippen LogP contribution is -2.51. The number of hydrogen-bond acceptors (Lipinski definition) is 3. The van der Waals surface area contributed by atoms with Crippen LogP contribution in [0.25, 0.3) is 0 Å². The molecule has 2 nitrogen and oxygen atoms in total. The van der Waals surface area contributed by atoms with Crippen molar-refractivity contribution >= 4 is 11.8 Å². The minimum Gasteiger partial charge on any atom is -0.310 e. The van der Waals surface area contributed by atoms with E-state index in [2.05, 4.69) is 22.0 Å². The van der Waals surface area contributed by atoms with E-state index in [-0.39, 0.29) is 0 Å². The highest BCUT2D eigenvalue weighted by Gasteiger charge is 2.38. The summed E-state index contributed by atoms with van der Waals surface area (Å²) in [7, 11) is 0. The summed E-state index contributed by atoms with van der Waals surface area (Å²) in [6.07, 6.45) is 8.51. The Morgan fingerprint density at radius 3 is 2.81 bits per heavy atom. The first-order valence-corrected chi connectivity index (χ1v) is 8.10. The first-order chi connectivity index (χ1) is 7.88. The third-order valence-electron chi connectivity index (χ3n) is 4.61. The van der Waals surface area contributed by atoms with Crippen molar-refractivity contribution in [3.8, 4) is 0 Å². The highest BCUT2D eigenvalue weighted by Crippen LogP contribution is 2.33. The lowest BCUT2D eigenvalue weighted by atomic mass is 9.96. The van der Waals surface area contributed by atoms with Crippen molar-refractivity contribution in [2.45, 2.75) is 50.1 Å². The molecule has 1 atom stereocenters. The second kappa shape index (κ2) is 4.87. The van der Waals surface area contributed by atoms with Crippen molar-refractivity contribution in [3.63, 3.8) is 0 Å². The van der Waals surface area contributed by atoms with Crippen LogP contribution in [0.2, 0.25) is 0 Å². The molecule has 1 unspecified atom stereocenters. The summed E-state index contributed by atoms with van der Waals surface area (Å²) in [5.41, 5.74) is 0.504. The first kappa shape index (κ1) is 11.4. The van der Waals surface area contributed by atoms with Crippen LogP contribution >= 0.6 is 11.8 Å². The molecule has 3 rings (SSSR count). The number of nitrogens with one attached hydrogen (secondary N) is 1. The molecule has 3 fully saturated rings. The maximum absolute atomic E-state index is 3.86. The maximum atomic E-state index is 3.86. The van der Waals surface area contributed by atoms with Gasteiger partial charge in [-0.15, -0.1) is 0 Å². The summed E-state index contributed by atoms with van der Waals surface area (Å²) >= 11 is 2.15. The molecular formula is C13H24N2S. The zero-order valence-corrected chi connectivity index (χ0v) is 11.0. The highest BCUT2D eigenvalue weighted by molar-refractivity contribution is 7.99. The van der Waals surface area contributed by atoms with Gasteiger partial charge in [-0.1, -0.05) is 12.8 Å². The quantitative estimate of drug-likeness (QED) is 0.755. The number of hydrogen-bond donors (Lipinski definition) is 1. The third kappa shape index (κ3) is 2.27. The van der Waals surface area contributed by atoms with E-state index in [0.717, 1.165) is 6.04 Å². The molecule has 0 aromatic heterocycles. The summed E-state index contributed by atoms with van der Waals surface area (Å²) in [6.45, 7) is 3.91. The van der Waals surface area contributed by atoms with E-state index in [0.29, 0.717) is 5.54 Å². The van der Waals surface area contributed by atoms with E-state index < -0.39 is 0 Å². The summed E-state index contributed by atoms with van der Waals surface area (Å²) < 4.78 is 0. The molecular weight excluding hydrogens is 216 g/mol. The molecule has 0 amide bonds. The van der Waals surface area contributed by atoms with Gasteiger partial charge in [-0.2, -0.15) is 11.8 Å². The van der Waals surface area contributed by atoms with Crippen molar-refractivity contribution in [2.75, 3.05) is 31.1 Å².